The van der Waals surface area contributed by atoms with Crippen molar-refractivity contribution in [1.29, 1.82) is 0 Å². The van der Waals surface area contributed by atoms with E-state index in [0.717, 1.165) is 17.7 Å². The second-order valence-corrected chi connectivity index (χ2v) is 4.82. The van der Waals surface area contributed by atoms with Crippen molar-refractivity contribution in [3.05, 3.63) is 30.3 Å². The molecule has 15 heavy (non-hydrogen) atoms. The van der Waals surface area contributed by atoms with Gasteiger partial charge < -0.3 is 10.2 Å². The number of benzene rings is 1. The summed E-state index contributed by atoms with van der Waals surface area (Å²) in [6.45, 7) is 1.92. The molecule has 0 spiro atoms. The summed E-state index contributed by atoms with van der Waals surface area (Å²) in [6, 6.07) is 9.99. The number of aliphatic hydroxyl groups is 2. The fourth-order valence-electron chi connectivity index (χ4n) is 1.41. The van der Waals surface area contributed by atoms with Crippen LogP contribution in [0.25, 0.3) is 0 Å². The molecule has 0 heterocycles. The maximum Gasteiger partial charge on any atom is 0.0892 e. The maximum atomic E-state index is 9.64. The van der Waals surface area contributed by atoms with Gasteiger partial charge in [0.1, 0.15) is 0 Å². The Morgan fingerprint density at radius 2 is 1.93 bits per heavy atom. The summed E-state index contributed by atoms with van der Waals surface area (Å²) in [6.07, 6.45) is 1.30. The highest BCUT2D eigenvalue weighted by molar-refractivity contribution is 8.00. The quantitative estimate of drug-likeness (QED) is 0.731. The highest BCUT2D eigenvalue weighted by Crippen LogP contribution is 2.28. The summed E-state index contributed by atoms with van der Waals surface area (Å²) in [5, 5.41) is 18.7. The van der Waals surface area contributed by atoms with Gasteiger partial charge in [-0.3, -0.25) is 0 Å². The molecule has 2 nitrogen and oxygen atoms in total. The topological polar surface area (TPSA) is 40.5 Å². The van der Waals surface area contributed by atoms with Gasteiger partial charge in [-0.25, -0.2) is 0 Å². The van der Waals surface area contributed by atoms with Crippen LogP contribution in [0.1, 0.15) is 19.8 Å². The third-order valence-electron chi connectivity index (χ3n) is 2.22. The van der Waals surface area contributed by atoms with Crippen molar-refractivity contribution in [2.75, 3.05) is 6.61 Å². The average molecular weight is 226 g/mol. The summed E-state index contributed by atoms with van der Waals surface area (Å²) < 4.78 is 0. The van der Waals surface area contributed by atoms with Crippen molar-refractivity contribution in [2.45, 2.75) is 36.0 Å². The molecule has 0 amide bonds. The van der Waals surface area contributed by atoms with Crippen LogP contribution in [0.2, 0.25) is 0 Å². The lowest BCUT2D eigenvalue weighted by atomic mass is 10.2. The van der Waals surface area contributed by atoms with Gasteiger partial charge in [0.2, 0.25) is 0 Å². The predicted octanol–water partition coefficient (Wildman–Crippen LogP) is 2.30. The minimum atomic E-state index is -0.629. The summed E-state index contributed by atoms with van der Waals surface area (Å²) in [4.78, 5) is 1.14. The van der Waals surface area contributed by atoms with Gasteiger partial charge in [-0.1, -0.05) is 31.5 Å². The molecule has 2 N–H and O–H groups in total. The van der Waals surface area contributed by atoms with Crippen molar-refractivity contribution in [3.8, 4) is 0 Å². The largest absolute Gasteiger partial charge is 0.394 e. The van der Waals surface area contributed by atoms with Crippen LogP contribution in [-0.4, -0.2) is 28.2 Å². The van der Waals surface area contributed by atoms with Crippen LogP contribution < -0.4 is 0 Å². The van der Waals surface area contributed by atoms with Crippen LogP contribution in [0.3, 0.4) is 0 Å². The molecule has 0 aliphatic carbocycles. The molecule has 0 aromatic heterocycles. The molecular weight excluding hydrogens is 208 g/mol. The lowest BCUT2D eigenvalue weighted by Crippen LogP contribution is -2.26. The molecule has 0 unspecified atom stereocenters. The number of rotatable bonds is 6. The zero-order valence-electron chi connectivity index (χ0n) is 8.97. The van der Waals surface area contributed by atoms with Crippen molar-refractivity contribution < 1.29 is 10.2 Å². The van der Waals surface area contributed by atoms with E-state index in [4.69, 9.17) is 5.11 Å². The van der Waals surface area contributed by atoms with Gasteiger partial charge >= 0.3 is 0 Å². The zero-order chi connectivity index (χ0) is 11.1. The lowest BCUT2D eigenvalue weighted by molar-refractivity contribution is 0.0911. The van der Waals surface area contributed by atoms with Gasteiger partial charge in [0.15, 0.2) is 0 Å². The van der Waals surface area contributed by atoms with E-state index in [0.29, 0.717) is 0 Å². The van der Waals surface area contributed by atoms with E-state index < -0.39 is 6.10 Å². The summed E-state index contributed by atoms with van der Waals surface area (Å²) in [7, 11) is 0. The summed E-state index contributed by atoms with van der Waals surface area (Å²) >= 11 is 1.64. The second-order valence-electron chi connectivity index (χ2n) is 3.51. The third-order valence-corrected chi connectivity index (χ3v) is 3.62. The first-order valence-corrected chi connectivity index (χ1v) is 6.16. The first-order chi connectivity index (χ1) is 7.27. The Balaban J connectivity index is 2.58. The summed E-state index contributed by atoms with van der Waals surface area (Å²) in [5.41, 5.74) is 0. The molecule has 1 rings (SSSR count). The van der Waals surface area contributed by atoms with E-state index in [1.54, 1.807) is 11.8 Å². The molecule has 0 bridgehead atoms. The van der Waals surface area contributed by atoms with E-state index in [1.165, 1.54) is 0 Å². The summed E-state index contributed by atoms with van der Waals surface area (Å²) in [5.74, 6) is 0. The molecule has 0 radical (unpaired) electrons. The Bertz CT molecular complexity index is 264. The first-order valence-electron chi connectivity index (χ1n) is 5.28. The standard InChI is InChI=1S/C12H18O2S/c1-2-6-12(11(14)9-13)15-10-7-4-3-5-8-10/h3-5,7-8,11-14H,2,6,9H2,1H3/t11-,12+/m0/s1. The van der Waals surface area contributed by atoms with Crippen LogP contribution in [0.15, 0.2) is 35.2 Å². The molecular formula is C12H18O2S. The van der Waals surface area contributed by atoms with Crippen LogP contribution in [0, 0.1) is 0 Å². The van der Waals surface area contributed by atoms with Crippen molar-refractivity contribution in [1.82, 2.24) is 0 Å². The number of aliphatic hydroxyl groups excluding tert-OH is 2. The minimum Gasteiger partial charge on any atom is -0.394 e. The maximum absolute atomic E-state index is 9.64. The van der Waals surface area contributed by atoms with Crippen LogP contribution in [-0.2, 0) is 0 Å². The molecule has 0 fully saturated rings. The fourth-order valence-corrected chi connectivity index (χ4v) is 2.67. The second kappa shape index (κ2) is 6.88. The average Bonchev–Trinajstić information content (AvgIpc) is 2.29. The van der Waals surface area contributed by atoms with Crippen molar-refractivity contribution in [3.63, 3.8) is 0 Å². The minimum absolute atomic E-state index is 0.0856. The molecule has 2 atom stereocenters. The molecule has 3 heteroatoms. The predicted molar refractivity (Wildman–Crippen MR) is 64.1 cm³/mol. The molecule has 0 aliphatic rings. The number of hydrogen-bond donors (Lipinski definition) is 2. The molecule has 0 saturated carbocycles. The molecule has 0 aliphatic heterocycles. The van der Waals surface area contributed by atoms with Gasteiger partial charge in [0.05, 0.1) is 12.7 Å². The molecule has 84 valence electrons. The van der Waals surface area contributed by atoms with Crippen LogP contribution in [0.5, 0.6) is 0 Å². The third kappa shape index (κ3) is 4.24. The van der Waals surface area contributed by atoms with Crippen LogP contribution >= 0.6 is 11.8 Å². The van der Waals surface area contributed by atoms with E-state index >= 15 is 0 Å². The van der Waals surface area contributed by atoms with Crippen molar-refractivity contribution in [2.24, 2.45) is 0 Å². The number of thioether (sulfide) groups is 1. The monoisotopic (exact) mass is 226 g/mol. The Morgan fingerprint density at radius 3 is 2.47 bits per heavy atom. The van der Waals surface area contributed by atoms with Gasteiger partial charge in [-0.2, -0.15) is 0 Å². The molecule has 0 saturated heterocycles. The highest BCUT2D eigenvalue weighted by atomic mass is 32.2. The van der Waals surface area contributed by atoms with Crippen molar-refractivity contribution >= 4 is 11.8 Å². The molecule has 1 aromatic carbocycles. The lowest BCUT2D eigenvalue weighted by Gasteiger charge is -2.20. The Morgan fingerprint density at radius 1 is 1.27 bits per heavy atom. The van der Waals surface area contributed by atoms with E-state index in [2.05, 4.69) is 6.92 Å². The van der Waals surface area contributed by atoms with Gasteiger partial charge in [0.25, 0.3) is 0 Å². The zero-order valence-corrected chi connectivity index (χ0v) is 9.78. The van der Waals surface area contributed by atoms with Gasteiger partial charge in [-0.15, -0.1) is 11.8 Å². The highest BCUT2D eigenvalue weighted by Gasteiger charge is 2.18. The number of hydrogen-bond acceptors (Lipinski definition) is 3. The normalized spacial score (nSPS) is 14.9. The smallest absolute Gasteiger partial charge is 0.0892 e. The van der Waals surface area contributed by atoms with E-state index in [-0.39, 0.29) is 11.9 Å². The van der Waals surface area contributed by atoms with Gasteiger partial charge in [0, 0.05) is 10.1 Å². The van der Waals surface area contributed by atoms with Crippen LogP contribution in [0.4, 0.5) is 0 Å². The fraction of sp³-hybridized carbons (Fsp3) is 0.500. The Hall–Kier alpha value is -0.510. The Kier molecular flexibility index (Phi) is 5.76. The van der Waals surface area contributed by atoms with E-state index in [1.807, 2.05) is 30.3 Å². The first kappa shape index (κ1) is 12.6. The Labute approximate surface area is 95.3 Å². The van der Waals surface area contributed by atoms with E-state index in [9.17, 15) is 5.11 Å². The van der Waals surface area contributed by atoms with Gasteiger partial charge in [-0.05, 0) is 18.6 Å². The SMILES string of the molecule is CCC[C@@H](Sc1ccccc1)[C@@H](O)CO. The molecule has 1 aromatic rings.